The van der Waals surface area contributed by atoms with E-state index in [9.17, 15) is 8.76 Å². The molecule has 13 heavy (non-hydrogen) atoms. The second-order valence-electron chi connectivity index (χ2n) is 3.88. The zero-order valence-electron chi connectivity index (χ0n) is 8.03. The van der Waals surface area contributed by atoms with E-state index in [2.05, 4.69) is 11.2 Å². The summed E-state index contributed by atoms with van der Waals surface area (Å²) in [6.07, 6.45) is 3.42. The van der Waals surface area contributed by atoms with E-state index >= 15 is 0 Å². The van der Waals surface area contributed by atoms with Crippen molar-refractivity contribution in [2.45, 2.75) is 19.3 Å². The number of likely N-dealkylation sites (tertiary alicyclic amines) is 1. The van der Waals surface area contributed by atoms with Gasteiger partial charge in [-0.1, -0.05) is 0 Å². The SMILES string of the molecule is C[N+]1(CCCOS(=O)[O-])CCCC1. The van der Waals surface area contributed by atoms with Crippen LogP contribution in [-0.4, -0.2) is 46.5 Å². The molecule has 0 aromatic rings. The Bertz CT molecular complexity index is 180. The van der Waals surface area contributed by atoms with Crippen molar-refractivity contribution in [3.05, 3.63) is 0 Å². The van der Waals surface area contributed by atoms with Gasteiger partial charge in [0.2, 0.25) is 0 Å². The maximum Gasteiger partial charge on any atom is 0.0842 e. The first-order valence-electron chi connectivity index (χ1n) is 4.68. The molecule has 0 saturated carbocycles. The van der Waals surface area contributed by atoms with Crippen LogP contribution < -0.4 is 0 Å². The van der Waals surface area contributed by atoms with Crippen molar-refractivity contribution in [2.24, 2.45) is 0 Å². The largest absolute Gasteiger partial charge is 0.750 e. The summed E-state index contributed by atoms with van der Waals surface area (Å²) in [5.74, 6) is 0. The van der Waals surface area contributed by atoms with Crippen LogP contribution in [0.2, 0.25) is 0 Å². The van der Waals surface area contributed by atoms with Crippen LogP contribution in [0.15, 0.2) is 0 Å². The average Bonchev–Trinajstić information content (AvgIpc) is 2.47. The van der Waals surface area contributed by atoms with Gasteiger partial charge in [0.25, 0.3) is 0 Å². The number of rotatable bonds is 5. The number of quaternary nitrogens is 1. The van der Waals surface area contributed by atoms with Crippen molar-refractivity contribution < 1.29 is 17.4 Å². The fourth-order valence-electron chi connectivity index (χ4n) is 1.90. The zero-order valence-corrected chi connectivity index (χ0v) is 8.85. The molecule has 0 aromatic heterocycles. The molecule has 1 aliphatic heterocycles. The quantitative estimate of drug-likeness (QED) is 0.373. The first kappa shape index (κ1) is 11.1. The molecule has 5 heteroatoms. The fraction of sp³-hybridized carbons (Fsp3) is 1.00. The summed E-state index contributed by atoms with van der Waals surface area (Å²) in [4.78, 5) is 0. The van der Waals surface area contributed by atoms with Crippen molar-refractivity contribution in [2.75, 3.05) is 33.3 Å². The summed E-state index contributed by atoms with van der Waals surface area (Å²) >= 11 is -2.34. The highest BCUT2D eigenvalue weighted by atomic mass is 32.2. The fourth-order valence-corrected chi connectivity index (χ4v) is 2.15. The Balaban J connectivity index is 2.07. The van der Waals surface area contributed by atoms with Crippen molar-refractivity contribution in [3.63, 3.8) is 0 Å². The molecule has 1 saturated heterocycles. The van der Waals surface area contributed by atoms with Gasteiger partial charge in [-0.2, -0.15) is 0 Å². The summed E-state index contributed by atoms with van der Waals surface area (Å²) in [6.45, 7) is 3.79. The monoisotopic (exact) mass is 207 g/mol. The van der Waals surface area contributed by atoms with Gasteiger partial charge in [-0.15, -0.1) is 0 Å². The second kappa shape index (κ2) is 5.05. The lowest BCUT2D eigenvalue weighted by Gasteiger charge is -2.28. The third kappa shape index (κ3) is 4.17. The van der Waals surface area contributed by atoms with E-state index in [-0.39, 0.29) is 0 Å². The highest BCUT2D eigenvalue weighted by Gasteiger charge is 2.25. The van der Waals surface area contributed by atoms with Gasteiger partial charge in [0, 0.05) is 19.3 Å². The molecular weight excluding hydrogens is 190 g/mol. The van der Waals surface area contributed by atoms with Crippen LogP contribution in [0.5, 0.6) is 0 Å². The van der Waals surface area contributed by atoms with Gasteiger partial charge < -0.3 is 13.2 Å². The normalized spacial score (nSPS) is 23.2. The Labute approximate surface area is 82.0 Å². The predicted octanol–water partition coefficient (Wildman–Crippen LogP) is 0.428. The molecule has 0 spiro atoms. The van der Waals surface area contributed by atoms with Crippen molar-refractivity contribution >= 4 is 11.4 Å². The molecular formula is C8H17NO3S. The van der Waals surface area contributed by atoms with Gasteiger partial charge >= 0.3 is 0 Å². The van der Waals surface area contributed by atoms with Crippen LogP contribution in [0, 0.1) is 0 Å². The molecule has 0 N–H and O–H groups in total. The van der Waals surface area contributed by atoms with Crippen LogP contribution in [0.3, 0.4) is 0 Å². The third-order valence-electron chi connectivity index (χ3n) is 2.67. The lowest BCUT2D eigenvalue weighted by atomic mass is 10.3. The molecule has 1 aliphatic rings. The molecule has 1 fully saturated rings. The van der Waals surface area contributed by atoms with Gasteiger partial charge in [-0.25, -0.2) is 4.21 Å². The molecule has 1 atom stereocenters. The minimum absolute atomic E-state index is 0.323. The predicted molar refractivity (Wildman–Crippen MR) is 49.5 cm³/mol. The molecule has 78 valence electrons. The molecule has 0 radical (unpaired) electrons. The first-order chi connectivity index (χ1) is 6.12. The molecule has 0 aromatic carbocycles. The summed E-state index contributed by atoms with van der Waals surface area (Å²) in [6, 6.07) is 0. The van der Waals surface area contributed by atoms with E-state index in [4.69, 9.17) is 0 Å². The summed E-state index contributed by atoms with van der Waals surface area (Å²) in [7, 11) is 2.22. The highest BCUT2D eigenvalue weighted by Crippen LogP contribution is 2.16. The Morgan fingerprint density at radius 3 is 2.62 bits per heavy atom. The lowest BCUT2D eigenvalue weighted by molar-refractivity contribution is -0.897. The average molecular weight is 207 g/mol. The molecule has 0 amide bonds. The number of hydrogen-bond donors (Lipinski definition) is 0. The van der Waals surface area contributed by atoms with Crippen LogP contribution in [0.1, 0.15) is 19.3 Å². The third-order valence-corrected chi connectivity index (χ3v) is 3.03. The topological polar surface area (TPSA) is 49.4 Å². The van der Waals surface area contributed by atoms with E-state index < -0.39 is 11.4 Å². The maximum absolute atomic E-state index is 10.0. The number of nitrogens with zero attached hydrogens (tertiary/aromatic N) is 1. The van der Waals surface area contributed by atoms with Crippen LogP contribution in [0.4, 0.5) is 0 Å². The van der Waals surface area contributed by atoms with E-state index in [0.717, 1.165) is 17.4 Å². The van der Waals surface area contributed by atoms with E-state index in [1.165, 1.54) is 25.9 Å². The first-order valence-corrected chi connectivity index (χ1v) is 5.68. The second-order valence-corrected chi connectivity index (χ2v) is 4.52. The van der Waals surface area contributed by atoms with Gasteiger partial charge in [0.15, 0.2) is 0 Å². The van der Waals surface area contributed by atoms with Gasteiger partial charge in [-0.3, -0.25) is 0 Å². The minimum Gasteiger partial charge on any atom is -0.750 e. The van der Waals surface area contributed by atoms with Gasteiger partial charge in [0.05, 0.1) is 44.7 Å². The van der Waals surface area contributed by atoms with Gasteiger partial charge in [-0.05, 0) is 0 Å². The zero-order chi connectivity index (χ0) is 9.73. The van der Waals surface area contributed by atoms with Crippen molar-refractivity contribution in [3.8, 4) is 0 Å². The molecule has 0 bridgehead atoms. The highest BCUT2D eigenvalue weighted by molar-refractivity contribution is 7.74. The molecule has 4 nitrogen and oxygen atoms in total. The van der Waals surface area contributed by atoms with Crippen LogP contribution >= 0.6 is 0 Å². The van der Waals surface area contributed by atoms with Crippen molar-refractivity contribution in [1.82, 2.24) is 0 Å². The Kier molecular flexibility index (Phi) is 4.31. The van der Waals surface area contributed by atoms with E-state index in [1.54, 1.807) is 0 Å². The van der Waals surface area contributed by atoms with E-state index in [1.807, 2.05) is 0 Å². The van der Waals surface area contributed by atoms with Crippen LogP contribution in [0.25, 0.3) is 0 Å². The van der Waals surface area contributed by atoms with Gasteiger partial charge in [0.1, 0.15) is 0 Å². The Morgan fingerprint density at radius 2 is 2.08 bits per heavy atom. The van der Waals surface area contributed by atoms with Crippen LogP contribution in [-0.2, 0) is 15.5 Å². The summed E-state index contributed by atoms with van der Waals surface area (Å²) in [5.41, 5.74) is 0. The Hall–Kier alpha value is 0.0300. The Morgan fingerprint density at radius 1 is 1.46 bits per heavy atom. The lowest BCUT2D eigenvalue weighted by Crippen LogP contribution is -2.41. The molecule has 0 aliphatic carbocycles. The molecule has 1 unspecified atom stereocenters. The summed E-state index contributed by atoms with van der Waals surface area (Å²) in [5, 5.41) is 0. The van der Waals surface area contributed by atoms with E-state index in [0.29, 0.717) is 6.61 Å². The summed E-state index contributed by atoms with van der Waals surface area (Å²) < 4.78 is 25.6. The minimum atomic E-state index is -2.34. The maximum atomic E-state index is 10.0. The smallest absolute Gasteiger partial charge is 0.0842 e. The number of hydrogen-bond acceptors (Lipinski definition) is 3. The molecule has 1 heterocycles. The van der Waals surface area contributed by atoms with Crippen molar-refractivity contribution in [1.29, 1.82) is 0 Å². The molecule has 1 rings (SSSR count). The standard InChI is InChI=1S/C8H17NO3S/c1-9(5-2-3-6-9)7-4-8-12-13(10)11/h2-8H2,1H3.